The summed E-state index contributed by atoms with van der Waals surface area (Å²) in [6, 6.07) is 92.0. The largest absolute Gasteiger partial charge is 0.494 e. The first-order valence-electron chi connectivity index (χ1n) is 55.2. The van der Waals surface area contributed by atoms with Gasteiger partial charge in [-0.2, -0.15) is 0 Å². The Bertz CT molecular complexity index is 5230. The molecule has 1 heterocycles. The molecule has 0 bridgehead atoms. The Kier molecular flexibility index (Phi) is 50.1. The Morgan fingerprint density at radius 2 is 0.273 bits per heavy atom. The van der Waals surface area contributed by atoms with Gasteiger partial charge in [-0.25, -0.2) is 0 Å². The maximum atomic E-state index is 7.60. The third kappa shape index (κ3) is 42.4. The van der Waals surface area contributed by atoms with E-state index in [9.17, 15) is 0 Å². The van der Waals surface area contributed by atoms with E-state index >= 15 is 0 Å². The quantitative estimate of drug-likeness (QED) is 0.0197. The van der Waals surface area contributed by atoms with Crippen molar-refractivity contribution in [3.63, 3.8) is 0 Å². The Balaban J connectivity index is 0.923. The lowest BCUT2D eigenvalue weighted by atomic mass is 10.1. The first-order chi connectivity index (χ1) is 73.9. The predicted molar refractivity (Wildman–Crippen MR) is 626 cm³/mol. The highest BCUT2D eigenvalue weighted by Crippen LogP contribution is 2.79. The minimum absolute atomic E-state index is 0.302. The van der Waals surface area contributed by atoms with E-state index in [-0.39, 0.29) is 0 Å². The van der Waals surface area contributed by atoms with Crippen LogP contribution in [0.25, 0.3) is 0 Å². The van der Waals surface area contributed by atoms with Gasteiger partial charge in [0.1, 0.15) is 69.0 Å². The predicted octanol–water partition coefficient (Wildman–Crippen LogP) is 39.3. The van der Waals surface area contributed by atoms with E-state index in [1.807, 2.05) is 328 Å². The number of rotatable bonds is 72. The molecule has 13 rings (SSSR count). The molecule has 1 aliphatic heterocycles. The van der Waals surface area contributed by atoms with Crippen LogP contribution in [-0.2, 0) is 0 Å². The van der Waals surface area contributed by atoms with Gasteiger partial charge in [-0.1, -0.05) is 248 Å². The second-order valence-electron chi connectivity index (χ2n) is 37.9. The van der Waals surface area contributed by atoms with Gasteiger partial charge in [-0.15, -0.1) is 0 Å². The van der Waals surface area contributed by atoms with E-state index in [4.69, 9.17) is 99.1 Å². The molecular weight excluding hydrogens is 1920 g/mol. The van der Waals surface area contributed by atoms with Crippen molar-refractivity contribution in [3.8, 4) is 69.0 Å². The molecular formula is C126H156N9O12P3. The lowest BCUT2D eigenvalue weighted by Gasteiger charge is -2.33. The van der Waals surface area contributed by atoms with E-state index in [2.05, 4.69) is 41.5 Å². The van der Waals surface area contributed by atoms with Gasteiger partial charge in [-0.05, 0) is 363 Å². The lowest BCUT2D eigenvalue weighted by molar-refractivity contribution is 0.304. The summed E-state index contributed by atoms with van der Waals surface area (Å²) < 4.78 is 99.9. The van der Waals surface area contributed by atoms with Crippen molar-refractivity contribution < 1.29 is 55.6 Å². The van der Waals surface area contributed by atoms with Gasteiger partial charge in [-0.3, -0.25) is 30.0 Å². The number of ether oxygens (including phenoxy) is 6. The zero-order valence-electron chi connectivity index (χ0n) is 89.1. The number of hydrogen-bond acceptors (Lipinski definition) is 21. The molecule has 792 valence electrons. The summed E-state index contributed by atoms with van der Waals surface area (Å²) in [6.45, 7) is 17.4. The van der Waals surface area contributed by atoms with E-state index < -0.39 is 23.0 Å². The van der Waals surface area contributed by atoms with Crippen molar-refractivity contribution in [2.75, 3.05) is 39.6 Å². The topological polar surface area (TPSA) is 222 Å². The summed E-state index contributed by atoms with van der Waals surface area (Å²) in [5, 5.41) is 0. The summed E-state index contributed by atoms with van der Waals surface area (Å²) in [4.78, 5) is 29.6. The van der Waals surface area contributed by atoms with E-state index in [0.717, 1.165) is 179 Å². The highest BCUT2D eigenvalue weighted by Gasteiger charge is 2.49. The third-order valence-electron chi connectivity index (χ3n) is 25.1. The van der Waals surface area contributed by atoms with Gasteiger partial charge in [0.2, 0.25) is 0 Å². The summed E-state index contributed by atoms with van der Waals surface area (Å²) >= 11 is 0. The maximum Gasteiger partial charge on any atom is 0.460 e. The number of benzene rings is 12. The monoisotopic (exact) mass is 2080 g/mol. The SMILES string of the molecule is CCCCCCCCOc1ccc(N=Cc2ccc(OP3(Oc4ccc(C=Nc5ccc(OCCCCCCCC)cc5)cc4)=NP(Oc4ccc(C=Nc5ccc(OCCCCCCCC)cc5)cc4)(Oc4ccc(C=Nc5ccc(OCCCCCCCC)cc5)cc4)=NP(Oc4ccc(C=Nc5ccc(OCCCCCCCC)cc5)cc4)(Oc4ccc(C=Nc5ccc(OCCCCCCCC)cc5)cc4)=N3)cc2)cc1. The molecule has 12 aromatic carbocycles. The molecule has 0 fully saturated rings. The van der Waals surface area contributed by atoms with Crippen molar-refractivity contribution in [2.45, 2.75) is 273 Å². The van der Waals surface area contributed by atoms with Crippen LogP contribution < -0.4 is 55.6 Å². The Morgan fingerprint density at radius 1 is 0.153 bits per heavy atom. The van der Waals surface area contributed by atoms with Crippen LogP contribution in [0, 0.1) is 0 Å². The minimum atomic E-state index is -4.57. The van der Waals surface area contributed by atoms with Crippen molar-refractivity contribution >= 4 is 94.4 Å². The highest BCUT2D eigenvalue weighted by molar-refractivity contribution is 7.79. The number of hydrogen-bond donors (Lipinski definition) is 0. The molecule has 12 aromatic rings. The van der Waals surface area contributed by atoms with Crippen LogP contribution >= 0.6 is 23.0 Å². The fourth-order valence-corrected chi connectivity index (χ4v) is 25.4. The number of aliphatic imine (C=N–C) groups is 6. The second kappa shape index (κ2) is 65.8. The Hall–Kier alpha value is -13.1. The van der Waals surface area contributed by atoms with Gasteiger partial charge in [0.15, 0.2) is 0 Å². The third-order valence-corrected chi connectivity index (χ3v) is 33.2. The summed E-state index contributed by atoms with van der Waals surface area (Å²) in [5.41, 5.74) is 9.15. The van der Waals surface area contributed by atoms with Crippen LogP contribution in [0.5, 0.6) is 69.0 Å². The van der Waals surface area contributed by atoms with Crippen molar-refractivity contribution in [3.05, 3.63) is 325 Å². The fourth-order valence-electron chi connectivity index (χ4n) is 16.4. The Labute approximate surface area is 893 Å². The minimum Gasteiger partial charge on any atom is -0.494 e. The molecule has 150 heavy (non-hydrogen) atoms. The van der Waals surface area contributed by atoms with Gasteiger partial charge in [0, 0.05) is 37.3 Å². The first kappa shape index (κ1) is 114. The Morgan fingerprint density at radius 3 is 0.407 bits per heavy atom. The molecule has 0 unspecified atom stereocenters. The van der Waals surface area contributed by atoms with Crippen LogP contribution in [0.3, 0.4) is 0 Å². The van der Waals surface area contributed by atoms with Crippen molar-refractivity contribution in [1.82, 2.24) is 0 Å². The molecule has 1 aliphatic rings. The molecule has 0 aliphatic carbocycles. The number of nitrogens with zero attached hydrogens (tertiary/aromatic N) is 9. The van der Waals surface area contributed by atoms with Crippen LogP contribution in [0.4, 0.5) is 34.1 Å². The first-order valence-corrected chi connectivity index (χ1v) is 59.8. The van der Waals surface area contributed by atoms with Gasteiger partial charge < -0.3 is 55.6 Å². The van der Waals surface area contributed by atoms with Crippen LogP contribution in [0.15, 0.2) is 335 Å². The lowest BCUT2D eigenvalue weighted by Crippen LogP contribution is -2.11. The van der Waals surface area contributed by atoms with E-state index in [0.29, 0.717) is 74.1 Å². The van der Waals surface area contributed by atoms with E-state index in [1.165, 1.54) is 154 Å². The molecule has 24 heteroatoms. The average molecular weight is 2080 g/mol. The molecule has 0 saturated heterocycles. The smallest absolute Gasteiger partial charge is 0.460 e. The second-order valence-corrected chi connectivity index (χ2v) is 44.1. The van der Waals surface area contributed by atoms with Crippen molar-refractivity contribution in [1.29, 1.82) is 0 Å². The summed E-state index contributed by atoms with van der Waals surface area (Å²) in [7, 11) is -13.7. The molecule has 21 nitrogen and oxygen atoms in total. The molecule has 0 saturated carbocycles. The normalized spacial score (nSPS) is 15.0. The zero-order valence-corrected chi connectivity index (χ0v) is 91.8. The van der Waals surface area contributed by atoms with Crippen molar-refractivity contribution in [2.24, 2.45) is 43.5 Å². The van der Waals surface area contributed by atoms with Crippen LogP contribution in [-0.4, -0.2) is 76.9 Å². The van der Waals surface area contributed by atoms with E-state index in [1.54, 1.807) is 0 Å². The standard InChI is InChI=1S/C126H156N9O12P3/c1-7-13-19-25-31-37-91-136-115-79-55-109(56-80-115)127-97-103-43-67-121(68-44-103)142-148(143-122-69-45-104(46-70-122)98-128-110-57-81-116(82-58-110)137-92-38-32-26-20-14-8-2)133-149(144-123-71-47-105(48-72-123)99-129-111-59-83-117(84-60-111)138-93-39-33-27-21-15-9-3,145-124-73-49-106(50-74-124)100-130-112-61-85-118(86-62-112)139-94-40-34-28-22-16-10-4)135-150(134-148,146-125-75-51-107(52-76-125)101-131-113-63-87-119(88-64-113)140-95-41-35-29-23-17-11-5)147-126-77-53-108(54-78-126)102-132-114-65-89-120(90-66-114)141-96-42-36-30-24-18-12-6/h43-90,97-102H,7-42,91-96H2,1-6H3. The molecule has 0 spiro atoms. The van der Waals surface area contributed by atoms with Crippen LogP contribution in [0.2, 0.25) is 0 Å². The van der Waals surface area contributed by atoms with Gasteiger partial charge in [0.25, 0.3) is 0 Å². The fraction of sp³-hybridized carbons (Fsp3) is 0.381. The number of unbranched alkanes of at least 4 members (excludes halogenated alkanes) is 30. The molecule has 0 aromatic heterocycles. The molecule has 0 amide bonds. The molecule has 0 atom stereocenters. The molecule has 0 radical (unpaired) electrons. The van der Waals surface area contributed by atoms with Crippen LogP contribution in [0.1, 0.15) is 306 Å². The summed E-state index contributed by atoms with van der Waals surface area (Å²) in [5.74, 6) is 6.62. The van der Waals surface area contributed by atoms with Gasteiger partial charge in [0.05, 0.1) is 73.8 Å². The highest BCUT2D eigenvalue weighted by atomic mass is 31.3. The molecule has 0 N–H and O–H groups in total. The summed E-state index contributed by atoms with van der Waals surface area (Å²) in [6.07, 6.45) is 53.5. The maximum absolute atomic E-state index is 7.60. The zero-order chi connectivity index (χ0) is 104. The van der Waals surface area contributed by atoms with Gasteiger partial charge >= 0.3 is 23.0 Å². The average Bonchev–Trinajstić information content (AvgIpc) is 0.726.